The van der Waals surface area contributed by atoms with E-state index >= 15 is 0 Å². The highest BCUT2D eigenvalue weighted by molar-refractivity contribution is 6.00. The number of carbonyl (C=O) groups is 1. The van der Waals surface area contributed by atoms with Crippen LogP contribution in [0, 0.1) is 6.92 Å². The van der Waals surface area contributed by atoms with Gasteiger partial charge in [-0.1, -0.05) is 47.6 Å². The van der Waals surface area contributed by atoms with E-state index in [1.165, 1.54) is 0 Å². The number of amides is 1. The molecule has 1 atom stereocenters. The van der Waals surface area contributed by atoms with E-state index in [1.54, 1.807) is 14.0 Å². The van der Waals surface area contributed by atoms with Gasteiger partial charge in [-0.05, 0) is 24.6 Å². The van der Waals surface area contributed by atoms with Crippen LogP contribution in [0.3, 0.4) is 0 Å². The third-order valence-corrected chi connectivity index (χ3v) is 5.58. The Morgan fingerprint density at radius 2 is 1.84 bits per heavy atom. The number of carbonyl (C=O) groups excluding carboxylic acids is 1. The summed E-state index contributed by atoms with van der Waals surface area (Å²) in [6.07, 6.45) is 0. The number of rotatable bonds is 7. The fourth-order valence-electron chi connectivity index (χ4n) is 3.88. The zero-order chi connectivity index (χ0) is 21.6. The number of benzene rings is 2. The van der Waals surface area contributed by atoms with Gasteiger partial charge >= 0.3 is 0 Å². The summed E-state index contributed by atoms with van der Waals surface area (Å²) in [4.78, 5) is 15.5. The average molecular weight is 421 g/mol. The Labute approximate surface area is 181 Å². The zero-order valence-corrected chi connectivity index (χ0v) is 17.8. The first-order valence-electron chi connectivity index (χ1n) is 10.4. The highest BCUT2D eigenvalue weighted by Gasteiger charge is 2.26. The number of ether oxygens (including phenoxy) is 2. The van der Waals surface area contributed by atoms with Crippen molar-refractivity contribution in [2.45, 2.75) is 13.0 Å². The number of morpholine rings is 1. The lowest BCUT2D eigenvalue weighted by atomic mass is 10.0. The van der Waals surface area contributed by atoms with Crippen LogP contribution >= 0.6 is 0 Å². The quantitative estimate of drug-likeness (QED) is 0.630. The molecule has 1 aromatic heterocycles. The smallest absolute Gasteiger partial charge is 0.257 e. The molecule has 2 heterocycles. The van der Waals surface area contributed by atoms with Gasteiger partial charge in [0.1, 0.15) is 22.8 Å². The number of hydrogen-bond acceptors (Lipinski definition) is 6. The van der Waals surface area contributed by atoms with Crippen molar-refractivity contribution in [1.82, 2.24) is 15.4 Å². The molecule has 1 aliphatic rings. The highest BCUT2D eigenvalue weighted by Crippen LogP contribution is 2.26. The zero-order valence-electron chi connectivity index (χ0n) is 17.8. The predicted octanol–water partition coefficient (Wildman–Crippen LogP) is 3.46. The molecule has 0 unspecified atom stereocenters. The molecule has 1 amide bonds. The van der Waals surface area contributed by atoms with Gasteiger partial charge in [0.25, 0.3) is 5.91 Å². The van der Waals surface area contributed by atoms with Gasteiger partial charge in [0.05, 0.1) is 26.4 Å². The summed E-state index contributed by atoms with van der Waals surface area (Å²) in [5.74, 6) is 1.12. The summed E-state index contributed by atoms with van der Waals surface area (Å²) in [5.41, 5.74) is 3.00. The van der Waals surface area contributed by atoms with Crippen LogP contribution in [0.4, 0.5) is 0 Å². The van der Waals surface area contributed by atoms with Gasteiger partial charge in [-0.3, -0.25) is 9.69 Å². The van der Waals surface area contributed by atoms with Crippen molar-refractivity contribution in [2.24, 2.45) is 0 Å². The molecule has 0 bridgehead atoms. The van der Waals surface area contributed by atoms with E-state index in [0.29, 0.717) is 36.8 Å². The van der Waals surface area contributed by atoms with E-state index in [1.807, 2.05) is 54.6 Å². The molecule has 3 aromatic rings. The largest absolute Gasteiger partial charge is 0.497 e. The molecule has 0 spiro atoms. The Bertz CT molecular complexity index is 995. The minimum Gasteiger partial charge on any atom is -0.497 e. The fourth-order valence-corrected chi connectivity index (χ4v) is 3.88. The van der Waals surface area contributed by atoms with Gasteiger partial charge in [-0.25, -0.2) is 0 Å². The molecule has 7 nitrogen and oxygen atoms in total. The normalized spacial score (nSPS) is 15.4. The molecule has 31 heavy (non-hydrogen) atoms. The number of aryl methyl sites for hydroxylation is 1. The lowest BCUT2D eigenvalue weighted by Gasteiger charge is -2.35. The average Bonchev–Trinajstić information content (AvgIpc) is 3.22. The minimum atomic E-state index is -0.190. The molecule has 2 aromatic carbocycles. The van der Waals surface area contributed by atoms with E-state index in [-0.39, 0.29) is 11.9 Å². The van der Waals surface area contributed by atoms with Crippen molar-refractivity contribution in [1.29, 1.82) is 0 Å². The minimum absolute atomic E-state index is 0.0269. The van der Waals surface area contributed by atoms with Gasteiger partial charge in [-0.2, -0.15) is 0 Å². The van der Waals surface area contributed by atoms with Crippen LogP contribution in [-0.4, -0.2) is 55.9 Å². The van der Waals surface area contributed by atoms with Crippen LogP contribution in [0.2, 0.25) is 0 Å². The molecule has 1 saturated heterocycles. The second kappa shape index (κ2) is 9.76. The predicted molar refractivity (Wildman–Crippen MR) is 117 cm³/mol. The van der Waals surface area contributed by atoms with Gasteiger partial charge < -0.3 is 19.3 Å². The summed E-state index contributed by atoms with van der Waals surface area (Å²) in [6, 6.07) is 17.6. The SMILES string of the molecule is COc1ccc([C@@H](CNC(=O)c2c(-c3ccccc3)noc2C)N2CCOCC2)cc1. The molecule has 4 rings (SSSR count). The molecule has 1 fully saturated rings. The van der Waals surface area contributed by atoms with E-state index in [0.717, 1.165) is 30.0 Å². The van der Waals surface area contributed by atoms with Gasteiger partial charge in [0, 0.05) is 25.2 Å². The molecule has 0 aliphatic carbocycles. The van der Waals surface area contributed by atoms with E-state index in [2.05, 4.69) is 15.4 Å². The first-order valence-corrected chi connectivity index (χ1v) is 10.4. The molecule has 7 heteroatoms. The van der Waals surface area contributed by atoms with Gasteiger partial charge in [0.2, 0.25) is 0 Å². The van der Waals surface area contributed by atoms with Crippen LogP contribution < -0.4 is 10.1 Å². The van der Waals surface area contributed by atoms with E-state index in [4.69, 9.17) is 14.0 Å². The Morgan fingerprint density at radius 1 is 1.13 bits per heavy atom. The van der Waals surface area contributed by atoms with E-state index < -0.39 is 0 Å². The Morgan fingerprint density at radius 3 is 2.52 bits per heavy atom. The summed E-state index contributed by atoms with van der Waals surface area (Å²) in [6.45, 7) is 5.22. The number of methoxy groups -OCH3 is 1. The molecule has 0 radical (unpaired) electrons. The Kier molecular flexibility index (Phi) is 6.64. The molecule has 0 saturated carbocycles. The number of nitrogens with one attached hydrogen (secondary N) is 1. The monoisotopic (exact) mass is 421 g/mol. The molecule has 162 valence electrons. The third kappa shape index (κ3) is 4.78. The van der Waals surface area contributed by atoms with Crippen LogP contribution in [0.1, 0.15) is 27.7 Å². The first-order chi connectivity index (χ1) is 15.2. The maximum absolute atomic E-state index is 13.2. The summed E-state index contributed by atoms with van der Waals surface area (Å²) in [5, 5.41) is 7.23. The maximum atomic E-state index is 13.2. The number of nitrogens with zero attached hydrogens (tertiary/aromatic N) is 2. The van der Waals surface area contributed by atoms with Crippen LogP contribution in [0.25, 0.3) is 11.3 Å². The van der Waals surface area contributed by atoms with Crippen molar-refractivity contribution in [3.63, 3.8) is 0 Å². The lowest BCUT2D eigenvalue weighted by molar-refractivity contribution is 0.0162. The Hall–Kier alpha value is -3.16. The molecular weight excluding hydrogens is 394 g/mol. The van der Waals surface area contributed by atoms with Gasteiger partial charge in [-0.15, -0.1) is 0 Å². The van der Waals surface area contributed by atoms with E-state index in [9.17, 15) is 4.79 Å². The third-order valence-electron chi connectivity index (χ3n) is 5.58. The lowest BCUT2D eigenvalue weighted by Crippen LogP contribution is -2.43. The van der Waals surface area contributed by atoms with Crippen molar-refractivity contribution in [2.75, 3.05) is 40.0 Å². The standard InChI is InChI=1S/C24H27N3O4/c1-17-22(23(26-31-17)19-6-4-3-5-7-19)24(28)25-16-21(27-12-14-30-15-13-27)18-8-10-20(29-2)11-9-18/h3-11,21H,12-16H2,1-2H3,(H,25,28)/t21-/m1/s1. The maximum Gasteiger partial charge on any atom is 0.257 e. The fraction of sp³-hybridized carbons (Fsp3) is 0.333. The topological polar surface area (TPSA) is 76.8 Å². The second-order valence-corrected chi connectivity index (χ2v) is 7.48. The van der Waals surface area contributed by atoms with Crippen molar-refractivity contribution < 1.29 is 18.8 Å². The molecular formula is C24H27N3O4. The second-order valence-electron chi connectivity index (χ2n) is 7.48. The Balaban J connectivity index is 1.54. The van der Waals surface area contributed by atoms with Crippen LogP contribution in [0.15, 0.2) is 59.1 Å². The van der Waals surface area contributed by atoms with Gasteiger partial charge in [0.15, 0.2) is 0 Å². The van der Waals surface area contributed by atoms with Crippen LogP contribution in [0.5, 0.6) is 5.75 Å². The van der Waals surface area contributed by atoms with Crippen molar-refractivity contribution in [3.05, 3.63) is 71.5 Å². The highest BCUT2D eigenvalue weighted by atomic mass is 16.5. The number of hydrogen-bond donors (Lipinski definition) is 1. The van der Waals surface area contributed by atoms with Crippen molar-refractivity contribution >= 4 is 5.91 Å². The summed E-state index contributed by atoms with van der Waals surface area (Å²) >= 11 is 0. The first kappa shape index (κ1) is 21.1. The summed E-state index contributed by atoms with van der Waals surface area (Å²) in [7, 11) is 1.65. The molecule has 1 N–H and O–H groups in total. The van der Waals surface area contributed by atoms with Crippen molar-refractivity contribution in [3.8, 4) is 17.0 Å². The van der Waals surface area contributed by atoms with Crippen LogP contribution in [-0.2, 0) is 4.74 Å². The summed E-state index contributed by atoms with van der Waals surface area (Å²) < 4.78 is 16.2. The molecule has 1 aliphatic heterocycles. The number of aromatic nitrogens is 1.